The van der Waals surface area contributed by atoms with Crippen LogP contribution in [0, 0.1) is 19.8 Å². The smallest absolute Gasteiger partial charge is 0.408 e. The Morgan fingerprint density at radius 3 is 2.28 bits per heavy atom. The molecule has 0 fully saturated rings. The molecule has 0 aliphatic heterocycles. The molecule has 2 N–H and O–H groups in total. The van der Waals surface area contributed by atoms with Crippen molar-refractivity contribution in [1.82, 2.24) is 15.5 Å². The normalized spacial score (nSPS) is 12.8. The van der Waals surface area contributed by atoms with E-state index >= 15 is 0 Å². The van der Waals surface area contributed by atoms with E-state index in [2.05, 4.69) is 21.9 Å². The van der Waals surface area contributed by atoms with Crippen LogP contribution in [0.4, 0.5) is 4.79 Å². The van der Waals surface area contributed by atoms with Crippen molar-refractivity contribution >= 4 is 23.9 Å². The Morgan fingerprint density at radius 1 is 1.14 bits per heavy atom. The molecule has 36 heavy (non-hydrogen) atoms. The van der Waals surface area contributed by atoms with Gasteiger partial charge in [0.05, 0.1) is 7.11 Å². The summed E-state index contributed by atoms with van der Waals surface area (Å²) < 4.78 is 10.0. The summed E-state index contributed by atoms with van der Waals surface area (Å²) in [6.45, 7) is 16.3. The molecule has 9 heteroatoms. The van der Waals surface area contributed by atoms with Crippen LogP contribution < -0.4 is 10.6 Å². The van der Waals surface area contributed by atoms with Crippen LogP contribution in [-0.4, -0.2) is 60.6 Å². The summed E-state index contributed by atoms with van der Waals surface area (Å²) in [6.07, 6.45) is 1.12. The van der Waals surface area contributed by atoms with E-state index < -0.39 is 41.6 Å². The standard InChI is InChI=1S/C27H41N3O6/c1-10-13-30(25(33)21(14-17(2)3)29-26(34)36-27(6,7)8)23(24(32)28-16-22(31)35-9)20-12-11-18(4)15-19(20)5/h10-12,15,17,21,23H,1,13-14,16H2,2-9H3,(H,28,32)(H,29,34). The number of aryl methyl sites for hydroxylation is 2. The van der Waals surface area contributed by atoms with Gasteiger partial charge in [-0.1, -0.05) is 43.7 Å². The number of amides is 3. The van der Waals surface area contributed by atoms with Gasteiger partial charge in [0.25, 0.3) is 0 Å². The topological polar surface area (TPSA) is 114 Å². The van der Waals surface area contributed by atoms with Gasteiger partial charge in [0.1, 0.15) is 24.2 Å². The maximum atomic E-state index is 13.9. The Hall–Kier alpha value is -3.36. The van der Waals surface area contributed by atoms with Gasteiger partial charge in [-0.2, -0.15) is 0 Å². The highest BCUT2D eigenvalue weighted by Gasteiger charge is 2.36. The fourth-order valence-corrected chi connectivity index (χ4v) is 3.72. The van der Waals surface area contributed by atoms with Crippen molar-refractivity contribution in [2.45, 2.75) is 72.6 Å². The number of ether oxygens (including phenoxy) is 2. The largest absolute Gasteiger partial charge is 0.468 e. The monoisotopic (exact) mass is 503 g/mol. The van der Waals surface area contributed by atoms with Crippen LogP contribution >= 0.6 is 0 Å². The molecule has 0 bridgehead atoms. The van der Waals surface area contributed by atoms with Gasteiger partial charge in [0.2, 0.25) is 11.8 Å². The molecular weight excluding hydrogens is 462 g/mol. The van der Waals surface area contributed by atoms with E-state index in [1.807, 2.05) is 39.8 Å². The molecule has 0 aromatic heterocycles. The molecule has 0 heterocycles. The maximum Gasteiger partial charge on any atom is 0.408 e. The van der Waals surface area contributed by atoms with Crippen molar-refractivity contribution in [2.24, 2.45) is 5.92 Å². The first-order valence-corrected chi connectivity index (χ1v) is 12.0. The molecule has 0 aliphatic carbocycles. The molecule has 200 valence electrons. The summed E-state index contributed by atoms with van der Waals surface area (Å²) in [5.41, 5.74) is 1.65. The fourth-order valence-electron chi connectivity index (χ4n) is 3.72. The van der Waals surface area contributed by atoms with Gasteiger partial charge in [0.15, 0.2) is 0 Å². The van der Waals surface area contributed by atoms with E-state index in [0.29, 0.717) is 12.0 Å². The van der Waals surface area contributed by atoms with E-state index in [-0.39, 0.29) is 19.0 Å². The zero-order valence-electron chi connectivity index (χ0n) is 22.8. The second-order valence-corrected chi connectivity index (χ2v) is 10.2. The van der Waals surface area contributed by atoms with Gasteiger partial charge in [-0.05, 0) is 58.1 Å². The van der Waals surface area contributed by atoms with Crippen molar-refractivity contribution in [2.75, 3.05) is 20.2 Å². The average Bonchev–Trinajstić information content (AvgIpc) is 2.75. The zero-order chi connectivity index (χ0) is 27.6. The van der Waals surface area contributed by atoms with Gasteiger partial charge in [-0.3, -0.25) is 14.4 Å². The molecule has 0 saturated heterocycles. The number of nitrogens with zero attached hydrogens (tertiary/aromatic N) is 1. The zero-order valence-corrected chi connectivity index (χ0v) is 22.8. The Labute approximate surface area is 214 Å². The first-order chi connectivity index (χ1) is 16.7. The van der Waals surface area contributed by atoms with Gasteiger partial charge in [-0.25, -0.2) is 4.79 Å². The molecule has 1 rings (SSSR count). The van der Waals surface area contributed by atoms with Crippen LogP contribution in [0.1, 0.15) is 63.8 Å². The lowest BCUT2D eigenvalue weighted by Crippen LogP contribution is -2.53. The maximum absolute atomic E-state index is 13.9. The molecule has 0 aliphatic rings. The highest BCUT2D eigenvalue weighted by Crippen LogP contribution is 2.27. The molecule has 0 radical (unpaired) electrons. The number of carbonyl (C=O) groups is 4. The molecule has 2 atom stereocenters. The predicted octanol–water partition coefficient (Wildman–Crippen LogP) is 3.59. The van der Waals surface area contributed by atoms with Gasteiger partial charge < -0.3 is 25.0 Å². The Morgan fingerprint density at radius 2 is 1.78 bits per heavy atom. The highest BCUT2D eigenvalue weighted by molar-refractivity contribution is 5.93. The fraction of sp³-hybridized carbons (Fsp3) is 0.556. The number of hydrogen-bond donors (Lipinski definition) is 2. The summed E-state index contributed by atoms with van der Waals surface area (Å²) in [5, 5.41) is 5.24. The quantitative estimate of drug-likeness (QED) is 0.352. The van der Waals surface area contributed by atoms with Gasteiger partial charge in [-0.15, -0.1) is 6.58 Å². The SMILES string of the molecule is C=CCN(C(=O)C(CC(C)C)NC(=O)OC(C)(C)C)C(C(=O)NCC(=O)OC)c1ccc(C)cc1C. The third-order valence-corrected chi connectivity index (χ3v) is 5.22. The molecule has 0 spiro atoms. The number of esters is 1. The molecule has 2 unspecified atom stereocenters. The van der Waals surface area contributed by atoms with Crippen molar-refractivity contribution in [3.05, 3.63) is 47.5 Å². The summed E-state index contributed by atoms with van der Waals surface area (Å²) >= 11 is 0. The van der Waals surface area contributed by atoms with Crippen LogP contribution in [0.15, 0.2) is 30.9 Å². The number of alkyl carbamates (subject to hydrolysis) is 1. The minimum atomic E-state index is -1.07. The first kappa shape index (κ1) is 30.7. The second-order valence-electron chi connectivity index (χ2n) is 10.2. The van der Waals surface area contributed by atoms with Crippen LogP contribution in [0.5, 0.6) is 0 Å². The molecule has 3 amide bonds. The lowest BCUT2D eigenvalue weighted by molar-refractivity contribution is -0.144. The van der Waals surface area contributed by atoms with Gasteiger partial charge >= 0.3 is 12.1 Å². The molecule has 0 saturated carbocycles. The molecule has 9 nitrogen and oxygen atoms in total. The lowest BCUT2D eigenvalue weighted by atomic mass is 9.95. The first-order valence-electron chi connectivity index (χ1n) is 12.0. The minimum absolute atomic E-state index is 0.0348. The van der Waals surface area contributed by atoms with E-state index in [1.54, 1.807) is 26.8 Å². The summed E-state index contributed by atoms with van der Waals surface area (Å²) in [4.78, 5) is 52.9. The number of hydrogen-bond acceptors (Lipinski definition) is 6. The summed E-state index contributed by atoms with van der Waals surface area (Å²) in [7, 11) is 1.22. The number of benzene rings is 1. The van der Waals surface area contributed by atoms with Crippen LogP contribution in [0.3, 0.4) is 0 Å². The third-order valence-electron chi connectivity index (χ3n) is 5.22. The van der Waals surface area contributed by atoms with E-state index in [4.69, 9.17) is 4.74 Å². The van der Waals surface area contributed by atoms with Crippen LogP contribution in [0.2, 0.25) is 0 Å². The molecular formula is C27H41N3O6. The lowest BCUT2D eigenvalue weighted by Gasteiger charge is -2.35. The van der Waals surface area contributed by atoms with E-state index in [9.17, 15) is 19.2 Å². The summed E-state index contributed by atoms with van der Waals surface area (Å²) in [6, 6.07) is 3.54. The van der Waals surface area contributed by atoms with Crippen LogP contribution in [0.25, 0.3) is 0 Å². The van der Waals surface area contributed by atoms with Crippen molar-refractivity contribution < 1.29 is 28.7 Å². The molecule has 1 aromatic carbocycles. The van der Waals surface area contributed by atoms with E-state index in [1.165, 1.54) is 18.1 Å². The number of carbonyl (C=O) groups excluding carboxylic acids is 4. The second kappa shape index (κ2) is 13.7. The summed E-state index contributed by atoms with van der Waals surface area (Å²) in [5.74, 6) is -1.57. The van der Waals surface area contributed by atoms with Crippen molar-refractivity contribution in [3.63, 3.8) is 0 Å². The Bertz CT molecular complexity index is 951. The number of rotatable bonds is 11. The van der Waals surface area contributed by atoms with Crippen molar-refractivity contribution in [3.8, 4) is 0 Å². The number of methoxy groups -OCH3 is 1. The minimum Gasteiger partial charge on any atom is -0.468 e. The van der Waals surface area contributed by atoms with Gasteiger partial charge in [0, 0.05) is 6.54 Å². The Kier molecular flexibility index (Phi) is 11.6. The highest BCUT2D eigenvalue weighted by atomic mass is 16.6. The Balaban J connectivity index is 3.49. The van der Waals surface area contributed by atoms with E-state index in [0.717, 1.165) is 11.1 Å². The average molecular weight is 504 g/mol. The van der Waals surface area contributed by atoms with Crippen LogP contribution in [-0.2, 0) is 23.9 Å². The predicted molar refractivity (Wildman–Crippen MR) is 138 cm³/mol. The third kappa shape index (κ3) is 9.71. The van der Waals surface area contributed by atoms with Crippen molar-refractivity contribution in [1.29, 1.82) is 0 Å². The molecule has 1 aromatic rings. The number of nitrogens with one attached hydrogen (secondary N) is 2.